The number of nitrogens with zero attached hydrogens (tertiary/aromatic N) is 7. The van der Waals surface area contributed by atoms with Gasteiger partial charge < -0.3 is 29.4 Å². The molecule has 0 saturated carbocycles. The first kappa shape index (κ1) is 43.8. The van der Waals surface area contributed by atoms with Gasteiger partial charge in [0.05, 0.1) is 55.4 Å². The smallest absolute Gasteiger partial charge is 0.321 e. The highest BCUT2D eigenvalue weighted by molar-refractivity contribution is 6.04. The Morgan fingerprint density at radius 3 is 1.86 bits per heavy atom. The summed E-state index contributed by atoms with van der Waals surface area (Å²) in [4.78, 5) is 57.0. The topological polar surface area (TPSA) is 159 Å². The molecule has 1 aromatic heterocycles. The lowest BCUT2D eigenvalue weighted by Gasteiger charge is -2.27. The van der Waals surface area contributed by atoms with Gasteiger partial charge in [0.25, 0.3) is 5.56 Å². The lowest BCUT2D eigenvalue weighted by molar-refractivity contribution is -0.870. The van der Waals surface area contributed by atoms with Crippen LogP contribution in [0.2, 0.25) is 0 Å². The van der Waals surface area contributed by atoms with E-state index in [9.17, 15) is 14.4 Å². The van der Waals surface area contributed by atoms with Crippen LogP contribution in [0.3, 0.4) is 0 Å². The van der Waals surface area contributed by atoms with Crippen molar-refractivity contribution in [3.05, 3.63) is 22.1 Å². The number of unbranched alkanes of at least 4 members (excludes halogenated alkanes) is 4. The number of anilines is 1. The van der Waals surface area contributed by atoms with Gasteiger partial charge in [-0.25, -0.2) is 19.6 Å². The third-order valence-corrected chi connectivity index (χ3v) is 8.56. The van der Waals surface area contributed by atoms with Crippen LogP contribution in [0.1, 0.15) is 70.4 Å². The fourth-order valence-corrected chi connectivity index (χ4v) is 5.82. The predicted molar refractivity (Wildman–Crippen MR) is 209 cm³/mol. The van der Waals surface area contributed by atoms with Crippen molar-refractivity contribution >= 4 is 29.7 Å². The molecule has 0 saturated heterocycles. The number of aryl methyl sites for hydroxylation is 1. The fraction of sp³-hybridized carbons (Fsp3) is 0.778. The number of carbonyl (C=O) groups excluding carboxylic acids is 2. The first-order chi connectivity index (χ1) is 24.1. The molecule has 0 atom stereocenters. The highest BCUT2D eigenvalue weighted by atomic mass is 16.2. The summed E-state index contributed by atoms with van der Waals surface area (Å²) in [7, 11) is 13.4. The molecule has 0 unspecified atom stereocenters. The van der Waals surface area contributed by atoms with E-state index in [0.29, 0.717) is 31.3 Å². The Hall–Kier alpha value is -3.40. The molecule has 0 aromatic carbocycles. The lowest BCUT2D eigenvalue weighted by atomic mass is 10.2. The lowest BCUT2D eigenvalue weighted by Crippen LogP contribution is -2.43. The van der Waals surface area contributed by atoms with Crippen molar-refractivity contribution in [3.63, 3.8) is 0 Å². The van der Waals surface area contributed by atoms with Gasteiger partial charge in [-0.2, -0.15) is 0 Å². The second-order valence-corrected chi connectivity index (χ2v) is 15.8. The minimum absolute atomic E-state index is 0.143. The Morgan fingerprint density at radius 2 is 1.27 bits per heavy atom. The van der Waals surface area contributed by atoms with Gasteiger partial charge >= 0.3 is 12.1 Å². The van der Waals surface area contributed by atoms with Crippen LogP contribution >= 0.6 is 0 Å². The van der Waals surface area contributed by atoms with Crippen molar-refractivity contribution in [1.82, 2.24) is 35.7 Å². The number of quaternary nitrogens is 2. The number of aromatic amines is 1. The largest absolute Gasteiger partial charge is 0.338 e. The van der Waals surface area contributed by atoms with Crippen molar-refractivity contribution in [2.24, 2.45) is 9.98 Å². The Balaban J connectivity index is 1.88. The van der Waals surface area contributed by atoms with Crippen LogP contribution in [-0.4, -0.2) is 167 Å². The molecule has 1 aromatic rings. The van der Waals surface area contributed by atoms with E-state index in [1.165, 1.54) is 31.7 Å². The van der Waals surface area contributed by atoms with Crippen molar-refractivity contribution in [2.45, 2.75) is 71.6 Å². The molecule has 15 nitrogen and oxygen atoms in total. The number of amides is 4. The summed E-state index contributed by atoms with van der Waals surface area (Å²) in [5.74, 6) is 0.531. The van der Waals surface area contributed by atoms with Crippen LogP contribution in [-0.2, 0) is 0 Å². The molecule has 51 heavy (non-hydrogen) atoms. The summed E-state index contributed by atoms with van der Waals surface area (Å²) in [6.45, 7) is 13.3. The molecule has 0 aliphatic carbocycles. The van der Waals surface area contributed by atoms with Crippen LogP contribution in [0.4, 0.5) is 15.5 Å². The van der Waals surface area contributed by atoms with E-state index >= 15 is 0 Å². The molecule has 5 N–H and O–H groups in total. The zero-order valence-electron chi connectivity index (χ0n) is 33.1. The summed E-state index contributed by atoms with van der Waals surface area (Å²) < 4.78 is 1.96. The van der Waals surface area contributed by atoms with E-state index < -0.39 is 0 Å². The summed E-state index contributed by atoms with van der Waals surface area (Å²) >= 11 is 0. The van der Waals surface area contributed by atoms with Crippen LogP contribution in [0.15, 0.2) is 20.8 Å². The third-order valence-electron chi connectivity index (χ3n) is 8.56. The van der Waals surface area contributed by atoms with E-state index in [2.05, 4.69) is 93.3 Å². The van der Waals surface area contributed by atoms with Crippen LogP contribution in [0, 0.1) is 6.92 Å². The van der Waals surface area contributed by atoms with E-state index in [0.717, 1.165) is 99.1 Å². The maximum Gasteiger partial charge on any atom is 0.321 e. The standard InChI is InChI=1S/C36H68N12O3/c1-30-17-19-37-33(40-30)43-36(51)39-20-26-46(22-12-10-14-28-48(6,7)8)25-16-24-45(21-11-9-13-27-47(3,4)5)23-15-18-38-35(50)44-34-41-31(2)29-32(49)42-34/h29H,9-28H2,1-8H3,(H3-2,37,38,39,41,42,43,44,49,50,51)/p+2. The van der Waals surface area contributed by atoms with E-state index in [4.69, 9.17) is 0 Å². The monoisotopic (exact) mass is 719 g/mol. The molecule has 1 aliphatic heterocycles. The molecular weight excluding hydrogens is 648 g/mol. The number of urea groups is 2. The van der Waals surface area contributed by atoms with Crippen LogP contribution in [0.5, 0.6) is 0 Å². The quantitative estimate of drug-likeness (QED) is 0.0817. The van der Waals surface area contributed by atoms with E-state index in [1.54, 1.807) is 6.92 Å². The molecule has 15 heteroatoms. The first-order valence-electron chi connectivity index (χ1n) is 18.9. The number of aliphatic imine (C=N–C) groups is 2. The minimum atomic E-state index is -0.385. The van der Waals surface area contributed by atoms with Crippen molar-refractivity contribution in [3.8, 4) is 0 Å². The Labute approximate surface area is 306 Å². The fourth-order valence-electron chi connectivity index (χ4n) is 5.82. The van der Waals surface area contributed by atoms with Gasteiger partial charge in [-0.05, 0) is 97.9 Å². The first-order valence-corrected chi connectivity index (χ1v) is 18.9. The zero-order chi connectivity index (χ0) is 37.7. The number of aromatic nitrogens is 2. The van der Waals surface area contributed by atoms with Crippen molar-refractivity contribution in [1.29, 1.82) is 0 Å². The van der Waals surface area contributed by atoms with Gasteiger partial charge in [0.1, 0.15) is 0 Å². The van der Waals surface area contributed by atoms with Crippen molar-refractivity contribution in [2.75, 3.05) is 120 Å². The SMILES string of the molecule is CC1=NC(NC(=O)NCCN(CCCCC[N+](C)(C)C)CCCN(CCCCC[N+](C)(C)C)CCCNC(=O)Nc2nc(C)cc(=O)[nH]2)=NCC1. The highest BCUT2D eigenvalue weighted by Gasteiger charge is 2.13. The number of carbonyl (C=O) groups is 2. The number of nitrogens with one attached hydrogen (secondary N) is 5. The zero-order valence-corrected chi connectivity index (χ0v) is 33.1. The normalized spacial score (nSPS) is 13.6. The Bertz CT molecular complexity index is 1300. The molecule has 0 fully saturated rings. The maximum atomic E-state index is 12.5. The Morgan fingerprint density at radius 1 is 0.725 bits per heavy atom. The number of guanidine groups is 1. The summed E-state index contributed by atoms with van der Waals surface area (Å²) in [5, 5.41) is 11.3. The van der Waals surface area contributed by atoms with Crippen LogP contribution in [0.25, 0.3) is 0 Å². The Kier molecular flexibility index (Phi) is 19.9. The van der Waals surface area contributed by atoms with Gasteiger partial charge in [-0.15, -0.1) is 0 Å². The molecule has 0 bridgehead atoms. The van der Waals surface area contributed by atoms with E-state index in [-0.39, 0.29) is 23.6 Å². The molecule has 290 valence electrons. The van der Waals surface area contributed by atoms with Crippen molar-refractivity contribution < 1.29 is 18.6 Å². The molecule has 0 spiro atoms. The van der Waals surface area contributed by atoms with Gasteiger partial charge in [-0.1, -0.05) is 0 Å². The number of rotatable bonds is 24. The predicted octanol–water partition coefficient (Wildman–Crippen LogP) is 2.86. The van der Waals surface area contributed by atoms with Gasteiger partial charge in [-0.3, -0.25) is 25.4 Å². The number of hydrogen-bond acceptors (Lipinski definition) is 8. The molecular formula is C36H70N12O3+2. The summed E-state index contributed by atoms with van der Waals surface area (Å²) in [6, 6.07) is 0.731. The van der Waals surface area contributed by atoms with Gasteiger partial charge in [0, 0.05) is 50.1 Å². The average molecular weight is 719 g/mol. The van der Waals surface area contributed by atoms with E-state index in [1.807, 2.05) is 6.92 Å². The third kappa shape index (κ3) is 22.9. The molecule has 2 heterocycles. The van der Waals surface area contributed by atoms with Gasteiger partial charge in [0.2, 0.25) is 11.9 Å². The summed E-state index contributed by atoms with van der Waals surface area (Å²) in [5.41, 5.74) is 1.22. The number of hydrogen-bond donors (Lipinski definition) is 5. The van der Waals surface area contributed by atoms with Gasteiger partial charge in [0.15, 0.2) is 0 Å². The second kappa shape index (κ2) is 23.2. The second-order valence-electron chi connectivity index (χ2n) is 15.8. The maximum absolute atomic E-state index is 12.5. The molecule has 0 radical (unpaired) electrons. The minimum Gasteiger partial charge on any atom is -0.338 e. The highest BCUT2D eigenvalue weighted by Crippen LogP contribution is 2.07. The van der Waals surface area contributed by atoms with Crippen LogP contribution < -0.4 is 26.8 Å². The molecule has 1 aliphatic rings. The molecule has 4 amide bonds. The number of H-pyrrole nitrogens is 1. The summed E-state index contributed by atoms with van der Waals surface area (Å²) in [6.07, 6.45) is 9.73. The average Bonchev–Trinajstić information content (AvgIpc) is 3.00. The molecule has 2 rings (SSSR count).